The summed E-state index contributed by atoms with van der Waals surface area (Å²) in [4.78, 5) is 27.4. The van der Waals surface area contributed by atoms with Crippen LogP contribution < -0.4 is 24.2 Å². The number of methoxy groups -OCH3 is 2. The van der Waals surface area contributed by atoms with Gasteiger partial charge in [0, 0.05) is 11.6 Å². The van der Waals surface area contributed by atoms with Crippen molar-refractivity contribution in [2.45, 2.75) is 0 Å². The van der Waals surface area contributed by atoms with Crippen molar-refractivity contribution in [1.29, 1.82) is 0 Å². The number of ether oxygens (including phenoxy) is 2. The number of nitrogens with one attached hydrogen (secondary N) is 1. The maximum Gasteiger partial charge on any atom is 0.266 e. The highest BCUT2D eigenvalue weighted by Crippen LogP contribution is 2.18. The van der Waals surface area contributed by atoms with Crippen LogP contribution >= 0.6 is 11.3 Å². The molecule has 0 aliphatic rings. The van der Waals surface area contributed by atoms with Crippen LogP contribution in [0.1, 0.15) is 15.9 Å². The van der Waals surface area contributed by atoms with E-state index in [0.717, 1.165) is 5.56 Å². The lowest BCUT2D eigenvalue weighted by molar-refractivity contribution is 0.105. The van der Waals surface area contributed by atoms with Gasteiger partial charge in [-0.15, -0.1) is 11.3 Å². The highest BCUT2D eigenvalue weighted by atomic mass is 32.1. The highest BCUT2D eigenvalue weighted by molar-refractivity contribution is 7.07. The number of aromatic amines is 1. The number of Topliss-reactive ketones (excluding diaryl/α,β-unsaturated/α-hetero) is 1. The minimum atomic E-state index is -0.250. The summed E-state index contributed by atoms with van der Waals surface area (Å²) in [5.41, 5.74) is 0.990. The molecule has 0 fully saturated rings. The summed E-state index contributed by atoms with van der Waals surface area (Å²) in [5.74, 6) is 0.938. The molecular formula is C20H17NO4S. The highest BCUT2D eigenvalue weighted by Gasteiger charge is 2.09. The SMILES string of the molecule is COc1ccccc1/C=c1\s/c(=C\C(=O)c2ccccc2OC)[nH]c1=O. The normalized spacial score (nSPS) is 12.2. The van der Waals surface area contributed by atoms with Crippen LogP contribution in [0.4, 0.5) is 0 Å². The van der Waals surface area contributed by atoms with Gasteiger partial charge < -0.3 is 14.5 Å². The topological polar surface area (TPSA) is 68.4 Å². The van der Waals surface area contributed by atoms with Gasteiger partial charge in [-0.3, -0.25) is 9.59 Å². The van der Waals surface area contributed by atoms with Gasteiger partial charge in [-0.25, -0.2) is 0 Å². The number of carbonyl (C=O) groups is 1. The van der Waals surface area contributed by atoms with Gasteiger partial charge in [0.15, 0.2) is 5.78 Å². The molecule has 0 aliphatic carbocycles. The Morgan fingerprint density at radius 1 is 1.00 bits per heavy atom. The number of benzene rings is 2. The first-order valence-corrected chi connectivity index (χ1v) is 8.67. The molecule has 0 radical (unpaired) electrons. The van der Waals surface area contributed by atoms with Crippen LogP contribution in [0, 0.1) is 0 Å². The molecule has 0 bridgehead atoms. The molecule has 1 heterocycles. The number of rotatable bonds is 5. The molecule has 132 valence electrons. The molecule has 0 unspecified atom stereocenters. The van der Waals surface area contributed by atoms with Crippen LogP contribution in [0.25, 0.3) is 12.2 Å². The Morgan fingerprint density at radius 2 is 1.65 bits per heavy atom. The van der Waals surface area contributed by atoms with Gasteiger partial charge in [0.2, 0.25) is 0 Å². The van der Waals surface area contributed by atoms with E-state index in [-0.39, 0.29) is 11.3 Å². The van der Waals surface area contributed by atoms with Gasteiger partial charge in [0.1, 0.15) is 11.5 Å². The predicted octanol–water partition coefficient (Wildman–Crippen LogP) is 1.95. The minimum Gasteiger partial charge on any atom is -0.496 e. The Labute approximate surface area is 153 Å². The summed E-state index contributed by atoms with van der Waals surface area (Å²) in [6.45, 7) is 0. The molecule has 0 saturated heterocycles. The summed E-state index contributed by atoms with van der Waals surface area (Å²) in [6.07, 6.45) is 3.15. The standard InChI is InChI=1S/C20H17NO4S/c1-24-16-9-5-3-7-13(16)11-18-20(23)21-19(26-18)12-15(22)14-8-4-6-10-17(14)25-2/h3-12H,1-2H3,(H,21,23)/b18-11-,19-12-. The molecule has 0 spiro atoms. The Balaban J connectivity index is 2.03. The predicted molar refractivity (Wildman–Crippen MR) is 103 cm³/mol. The summed E-state index contributed by atoms with van der Waals surface area (Å²) in [5, 5.41) is 0. The van der Waals surface area contributed by atoms with Crippen LogP contribution in [-0.4, -0.2) is 25.0 Å². The lowest BCUT2D eigenvalue weighted by atomic mass is 10.1. The quantitative estimate of drug-likeness (QED) is 0.700. The molecule has 0 saturated carbocycles. The molecule has 2 aromatic carbocycles. The molecule has 3 aromatic rings. The number of para-hydroxylation sites is 2. The molecule has 26 heavy (non-hydrogen) atoms. The first-order valence-electron chi connectivity index (χ1n) is 7.85. The molecule has 6 heteroatoms. The third-order valence-corrected chi connectivity index (χ3v) is 4.70. The largest absolute Gasteiger partial charge is 0.496 e. The zero-order valence-corrected chi connectivity index (χ0v) is 15.1. The van der Waals surface area contributed by atoms with E-state index in [0.29, 0.717) is 26.3 Å². The molecule has 1 aromatic heterocycles. The fourth-order valence-electron chi connectivity index (χ4n) is 2.50. The molecule has 0 aliphatic heterocycles. The maximum absolute atomic E-state index is 12.5. The molecule has 0 atom stereocenters. The van der Waals surface area contributed by atoms with E-state index in [1.165, 1.54) is 24.5 Å². The second-order valence-corrected chi connectivity index (χ2v) is 6.46. The van der Waals surface area contributed by atoms with Gasteiger partial charge in [-0.1, -0.05) is 30.3 Å². The van der Waals surface area contributed by atoms with E-state index >= 15 is 0 Å². The molecule has 5 nitrogen and oxygen atoms in total. The summed E-state index contributed by atoms with van der Waals surface area (Å²) >= 11 is 1.21. The van der Waals surface area contributed by atoms with Gasteiger partial charge in [-0.2, -0.15) is 0 Å². The number of hydrogen-bond acceptors (Lipinski definition) is 5. The second-order valence-electron chi connectivity index (χ2n) is 5.38. The third kappa shape index (κ3) is 3.75. The molecule has 0 amide bonds. The molecule has 1 N–H and O–H groups in total. The second kappa shape index (κ2) is 7.84. The van der Waals surface area contributed by atoms with Crippen LogP contribution in [-0.2, 0) is 0 Å². The summed E-state index contributed by atoms with van der Waals surface area (Å²) in [7, 11) is 3.09. The first kappa shape index (κ1) is 17.7. The van der Waals surface area contributed by atoms with Crippen molar-refractivity contribution in [3.05, 3.63) is 79.2 Å². The van der Waals surface area contributed by atoms with Gasteiger partial charge in [0.05, 0.1) is 29.0 Å². The minimum absolute atomic E-state index is 0.233. The van der Waals surface area contributed by atoms with Crippen LogP contribution in [0.3, 0.4) is 0 Å². The van der Waals surface area contributed by atoms with E-state index in [1.807, 2.05) is 24.3 Å². The van der Waals surface area contributed by atoms with Crippen molar-refractivity contribution in [2.24, 2.45) is 0 Å². The van der Waals surface area contributed by atoms with Crippen LogP contribution in [0.15, 0.2) is 53.3 Å². The van der Waals surface area contributed by atoms with Crippen LogP contribution in [0.2, 0.25) is 0 Å². The lowest BCUT2D eigenvalue weighted by Gasteiger charge is -2.03. The Hall–Kier alpha value is -3.12. The van der Waals surface area contributed by atoms with Crippen LogP contribution in [0.5, 0.6) is 11.5 Å². The number of H-pyrrole nitrogens is 1. The average molecular weight is 367 g/mol. The van der Waals surface area contributed by atoms with Gasteiger partial charge in [-0.05, 0) is 24.3 Å². The number of carbonyl (C=O) groups excluding carboxylic acids is 1. The Bertz CT molecular complexity index is 1110. The van der Waals surface area contributed by atoms with E-state index in [1.54, 1.807) is 37.5 Å². The Morgan fingerprint density at radius 3 is 2.38 bits per heavy atom. The zero-order chi connectivity index (χ0) is 18.5. The number of hydrogen-bond donors (Lipinski definition) is 1. The summed E-state index contributed by atoms with van der Waals surface area (Å²) in [6, 6.07) is 14.4. The first-order chi connectivity index (χ1) is 12.6. The van der Waals surface area contributed by atoms with Crippen molar-refractivity contribution < 1.29 is 14.3 Å². The van der Waals surface area contributed by atoms with Crippen molar-refractivity contribution in [3.63, 3.8) is 0 Å². The fourth-order valence-corrected chi connectivity index (χ4v) is 3.37. The summed E-state index contributed by atoms with van der Waals surface area (Å²) < 4.78 is 11.5. The van der Waals surface area contributed by atoms with Crippen molar-refractivity contribution in [2.75, 3.05) is 14.2 Å². The van der Waals surface area contributed by atoms with E-state index < -0.39 is 0 Å². The smallest absolute Gasteiger partial charge is 0.266 e. The van der Waals surface area contributed by atoms with Crippen molar-refractivity contribution >= 4 is 29.3 Å². The van der Waals surface area contributed by atoms with E-state index in [2.05, 4.69) is 4.98 Å². The number of thiazole rings is 1. The van der Waals surface area contributed by atoms with E-state index in [9.17, 15) is 9.59 Å². The number of aromatic nitrogens is 1. The molecular weight excluding hydrogens is 350 g/mol. The fraction of sp³-hybridized carbons (Fsp3) is 0.100. The number of ketones is 1. The van der Waals surface area contributed by atoms with Gasteiger partial charge in [0.25, 0.3) is 5.56 Å². The molecule has 3 rings (SSSR count). The zero-order valence-electron chi connectivity index (χ0n) is 14.3. The van der Waals surface area contributed by atoms with E-state index in [4.69, 9.17) is 9.47 Å². The van der Waals surface area contributed by atoms with Crippen molar-refractivity contribution in [1.82, 2.24) is 4.98 Å². The average Bonchev–Trinajstić information content (AvgIpc) is 3.00. The maximum atomic E-state index is 12.5. The third-order valence-electron chi connectivity index (χ3n) is 3.74. The monoisotopic (exact) mass is 367 g/mol. The van der Waals surface area contributed by atoms with Crippen molar-refractivity contribution in [3.8, 4) is 11.5 Å². The lowest BCUT2D eigenvalue weighted by Crippen LogP contribution is -2.20. The Kier molecular flexibility index (Phi) is 5.34. The van der Waals surface area contributed by atoms with Gasteiger partial charge >= 0.3 is 0 Å².